The first-order valence-corrected chi connectivity index (χ1v) is 4.59. The highest BCUT2D eigenvalue weighted by Crippen LogP contribution is 2.14. The van der Waals surface area contributed by atoms with Crippen molar-refractivity contribution in [2.75, 3.05) is 7.05 Å². The fourth-order valence-electron chi connectivity index (χ4n) is 1.21. The Morgan fingerprint density at radius 3 is 2.62 bits per heavy atom. The van der Waals surface area contributed by atoms with Crippen LogP contribution in [0.5, 0.6) is 0 Å². The molecule has 1 unspecified atom stereocenters. The molecule has 0 fully saturated rings. The third-order valence-electron chi connectivity index (χ3n) is 1.87. The van der Waals surface area contributed by atoms with Crippen molar-refractivity contribution in [1.82, 2.24) is 5.32 Å². The molecule has 1 amide bonds. The maximum Gasteiger partial charge on any atom is 0.223 e. The van der Waals surface area contributed by atoms with Gasteiger partial charge in [0.15, 0.2) is 0 Å². The molecule has 0 bridgehead atoms. The lowest BCUT2D eigenvalue weighted by atomic mass is 9.96. The highest BCUT2D eigenvalue weighted by atomic mass is 16.1. The minimum Gasteiger partial charge on any atom is -0.359 e. The zero-order valence-corrected chi connectivity index (χ0v) is 8.76. The Kier molecular flexibility index (Phi) is 5.94. The second-order valence-electron chi connectivity index (χ2n) is 3.28. The van der Waals surface area contributed by atoms with Crippen molar-refractivity contribution >= 4 is 5.91 Å². The summed E-state index contributed by atoms with van der Waals surface area (Å²) in [6.07, 6.45) is 5.55. The van der Waals surface area contributed by atoms with E-state index in [1.807, 2.05) is 26.0 Å². The van der Waals surface area contributed by atoms with Crippen LogP contribution in [0.2, 0.25) is 0 Å². The van der Waals surface area contributed by atoms with E-state index in [1.54, 1.807) is 7.05 Å². The van der Waals surface area contributed by atoms with Crippen LogP contribution in [-0.4, -0.2) is 13.0 Å². The molecule has 74 valence electrons. The summed E-state index contributed by atoms with van der Waals surface area (Å²) in [6, 6.07) is 0. The van der Waals surface area contributed by atoms with Crippen molar-refractivity contribution in [2.24, 2.45) is 5.92 Å². The third-order valence-corrected chi connectivity index (χ3v) is 1.87. The summed E-state index contributed by atoms with van der Waals surface area (Å²) < 4.78 is 0. The Morgan fingerprint density at radius 2 is 2.23 bits per heavy atom. The lowest BCUT2D eigenvalue weighted by molar-refractivity contribution is -0.124. The van der Waals surface area contributed by atoms with Gasteiger partial charge in [0.2, 0.25) is 5.91 Å². The van der Waals surface area contributed by atoms with Gasteiger partial charge in [-0.15, -0.1) is 6.58 Å². The number of allylic oxidation sites excluding steroid dienone is 3. The predicted octanol–water partition coefficient (Wildman–Crippen LogP) is 2.28. The van der Waals surface area contributed by atoms with Gasteiger partial charge in [0.25, 0.3) is 0 Å². The van der Waals surface area contributed by atoms with E-state index >= 15 is 0 Å². The van der Waals surface area contributed by atoms with Crippen LogP contribution < -0.4 is 5.32 Å². The maximum atomic E-state index is 11.4. The zero-order valence-electron chi connectivity index (χ0n) is 8.76. The van der Waals surface area contributed by atoms with Crippen molar-refractivity contribution in [1.29, 1.82) is 0 Å². The van der Waals surface area contributed by atoms with E-state index in [0.29, 0.717) is 0 Å². The molecular weight excluding hydrogens is 162 g/mol. The van der Waals surface area contributed by atoms with Crippen molar-refractivity contribution in [3.05, 3.63) is 24.3 Å². The minimum atomic E-state index is 0.0405. The SMILES string of the molecule is C=C(C)CC(C/C=C/C)C(=O)NC. The van der Waals surface area contributed by atoms with Gasteiger partial charge in [-0.05, 0) is 26.7 Å². The second-order valence-corrected chi connectivity index (χ2v) is 3.28. The van der Waals surface area contributed by atoms with E-state index in [0.717, 1.165) is 18.4 Å². The average Bonchev–Trinajstić information content (AvgIpc) is 2.10. The molecule has 0 saturated carbocycles. The standard InChI is InChI=1S/C11H19NO/c1-5-6-7-10(8-9(2)3)11(13)12-4/h5-6,10H,2,7-8H2,1,3-4H3,(H,12,13)/b6-5+. The number of carbonyl (C=O) groups is 1. The Balaban J connectivity index is 4.18. The number of amides is 1. The van der Waals surface area contributed by atoms with Crippen LogP contribution in [0.4, 0.5) is 0 Å². The Hall–Kier alpha value is -1.05. The molecule has 0 rings (SSSR count). The van der Waals surface area contributed by atoms with Gasteiger partial charge < -0.3 is 5.32 Å². The summed E-state index contributed by atoms with van der Waals surface area (Å²) in [4.78, 5) is 11.4. The molecule has 2 nitrogen and oxygen atoms in total. The molecule has 0 aromatic heterocycles. The van der Waals surface area contributed by atoms with Crippen LogP contribution in [0.1, 0.15) is 26.7 Å². The van der Waals surface area contributed by atoms with Crippen molar-refractivity contribution in [3.63, 3.8) is 0 Å². The molecule has 0 aliphatic carbocycles. The quantitative estimate of drug-likeness (QED) is 0.648. The van der Waals surface area contributed by atoms with E-state index in [2.05, 4.69) is 11.9 Å². The van der Waals surface area contributed by atoms with Crippen molar-refractivity contribution in [2.45, 2.75) is 26.7 Å². The van der Waals surface area contributed by atoms with Gasteiger partial charge in [-0.2, -0.15) is 0 Å². The fraction of sp³-hybridized carbons (Fsp3) is 0.545. The first kappa shape index (κ1) is 11.9. The largest absolute Gasteiger partial charge is 0.359 e. The molecule has 1 N–H and O–H groups in total. The second kappa shape index (κ2) is 6.46. The Bertz CT molecular complexity index is 206. The summed E-state index contributed by atoms with van der Waals surface area (Å²) >= 11 is 0. The van der Waals surface area contributed by atoms with Crippen LogP contribution in [0.3, 0.4) is 0 Å². The van der Waals surface area contributed by atoms with Crippen LogP contribution in [-0.2, 0) is 4.79 Å². The lowest BCUT2D eigenvalue weighted by Gasteiger charge is -2.12. The molecule has 0 radical (unpaired) electrons. The van der Waals surface area contributed by atoms with Crippen LogP contribution in [0.25, 0.3) is 0 Å². The molecule has 13 heavy (non-hydrogen) atoms. The molecule has 0 saturated heterocycles. The van der Waals surface area contributed by atoms with Gasteiger partial charge in [-0.3, -0.25) is 4.79 Å². The number of hydrogen-bond donors (Lipinski definition) is 1. The van der Waals surface area contributed by atoms with Gasteiger partial charge in [0.05, 0.1) is 0 Å². The normalized spacial score (nSPS) is 12.8. The van der Waals surface area contributed by atoms with Gasteiger partial charge in [-0.25, -0.2) is 0 Å². The van der Waals surface area contributed by atoms with E-state index in [4.69, 9.17) is 0 Å². The van der Waals surface area contributed by atoms with Gasteiger partial charge in [-0.1, -0.05) is 17.7 Å². The summed E-state index contributed by atoms with van der Waals surface area (Å²) in [7, 11) is 1.67. The van der Waals surface area contributed by atoms with Crippen LogP contribution in [0.15, 0.2) is 24.3 Å². The Morgan fingerprint density at radius 1 is 1.62 bits per heavy atom. The third kappa shape index (κ3) is 5.23. The molecule has 0 aromatic rings. The summed E-state index contributed by atoms with van der Waals surface area (Å²) in [5.41, 5.74) is 1.05. The highest BCUT2D eigenvalue weighted by Gasteiger charge is 2.14. The summed E-state index contributed by atoms with van der Waals surface area (Å²) in [5, 5.41) is 2.67. The fourth-order valence-corrected chi connectivity index (χ4v) is 1.21. The zero-order chi connectivity index (χ0) is 10.3. The molecular formula is C11H19NO. The van der Waals surface area contributed by atoms with Crippen LogP contribution in [0, 0.1) is 5.92 Å². The van der Waals surface area contributed by atoms with Gasteiger partial charge in [0, 0.05) is 13.0 Å². The average molecular weight is 181 g/mol. The van der Waals surface area contributed by atoms with E-state index in [-0.39, 0.29) is 11.8 Å². The van der Waals surface area contributed by atoms with E-state index in [9.17, 15) is 4.79 Å². The summed E-state index contributed by atoms with van der Waals surface area (Å²) in [5.74, 6) is 0.139. The molecule has 0 aliphatic rings. The van der Waals surface area contributed by atoms with E-state index in [1.165, 1.54) is 0 Å². The van der Waals surface area contributed by atoms with Gasteiger partial charge in [0.1, 0.15) is 0 Å². The molecule has 0 aromatic carbocycles. The van der Waals surface area contributed by atoms with Crippen LogP contribution >= 0.6 is 0 Å². The first-order valence-electron chi connectivity index (χ1n) is 4.59. The van der Waals surface area contributed by atoms with Crippen molar-refractivity contribution < 1.29 is 4.79 Å². The predicted molar refractivity (Wildman–Crippen MR) is 56.4 cm³/mol. The monoisotopic (exact) mass is 181 g/mol. The molecule has 2 heteroatoms. The molecule has 0 spiro atoms. The number of hydrogen-bond acceptors (Lipinski definition) is 1. The topological polar surface area (TPSA) is 29.1 Å². The molecule has 0 heterocycles. The minimum absolute atomic E-state index is 0.0405. The molecule has 1 atom stereocenters. The first-order chi connectivity index (χ1) is 6.11. The van der Waals surface area contributed by atoms with Gasteiger partial charge >= 0.3 is 0 Å². The number of rotatable bonds is 5. The summed E-state index contributed by atoms with van der Waals surface area (Å²) in [6.45, 7) is 7.73. The highest BCUT2D eigenvalue weighted by molar-refractivity contribution is 5.78. The number of carbonyl (C=O) groups excluding carboxylic acids is 1. The van der Waals surface area contributed by atoms with E-state index < -0.39 is 0 Å². The Labute approximate surface area is 80.7 Å². The van der Waals surface area contributed by atoms with Crippen molar-refractivity contribution in [3.8, 4) is 0 Å². The number of nitrogens with one attached hydrogen (secondary N) is 1. The maximum absolute atomic E-state index is 11.4. The lowest BCUT2D eigenvalue weighted by Crippen LogP contribution is -2.27. The smallest absolute Gasteiger partial charge is 0.223 e. The molecule has 0 aliphatic heterocycles.